The van der Waals surface area contributed by atoms with Crippen molar-refractivity contribution in [1.82, 2.24) is 0 Å². The first-order valence-electron chi connectivity index (χ1n) is 10.2. The van der Waals surface area contributed by atoms with Crippen LogP contribution in [0.1, 0.15) is 35.5 Å². The number of Topliss-reactive ketones (excluding diaryl/α,β-unsaturated/α-hetero) is 1. The minimum Gasteiger partial charge on any atom is -0.467 e. The molecule has 3 atom stereocenters. The number of nitrogens with one attached hydrogen (secondary N) is 1. The van der Waals surface area contributed by atoms with E-state index in [1.807, 2.05) is 55.5 Å². The first kappa shape index (κ1) is 18.4. The van der Waals surface area contributed by atoms with E-state index in [1.165, 1.54) is 0 Å². The van der Waals surface area contributed by atoms with Crippen LogP contribution in [0.25, 0.3) is 0 Å². The molecule has 1 aliphatic carbocycles. The van der Waals surface area contributed by atoms with Gasteiger partial charge in [0.25, 0.3) is 5.91 Å². The van der Waals surface area contributed by atoms with Crippen LogP contribution in [-0.4, -0.2) is 11.7 Å². The second kappa shape index (κ2) is 7.34. The van der Waals surface area contributed by atoms with Crippen molar-refractivity contribution in [1.29, 1.82) is 0 Å². The molecule has 1 aromatic heterocycles. The Hall–Kier alpha value is -3.60. The summed E-state index contributed by atoms with van der Waals surface area (Å²) >= 11 is 0. The predicted molar refractivity (Wildman–Crippen MR) is 115 cm³/mol. The van der Waals surface area contributed by atoms with Gasteiger partial charge < -0.3 is 9.73 Å². The number of hydrogen-bond donors (Lipinski definition) is 1. The van der Waals surface area contributed by atoms with Gasteiger partial charge in [0, 0.05) is 17.7 Å². The number of amides is 1. The third-order valence-corrected chi connectivity index (χ3v) is 5.78. The minimum atomic E-state index is -0.574. The number of allylic oxidation sites excluding steroid dienone is 1. The number of nitrogens with zero attached hydrogens (tertiary/aromatic N) is 1. The zero-order valence-electron chi connectivity index (χ0n) is 16.6. The zero-order valence-corrected chi connectivity index (χ0v) is 16.6. The first-order chi connectivity index (χ1) is 14.6. The van der Waals surface area contributed by atoms with Gasteiger partial charge in [-0.2, -0.15) is 0 Å². The molecule has 0 radical (unpaired) electrons. The Morgan fingerprint density at radius 2 is 1.80 bits per heavy atom. The molecule has 1 aliphatic heterocycles. The molecule has 3 aromatic rings. The van der Waals surface area contributed by atoms with Crippen molar-refractivity contribution in [3.8, 4) is 0 Å². The van der Waals surface area contributed by atoms with E-state index < -0.39 is 12.0 Å². The van der Waals surface area contributed by atoms with Gasteiger partial charge >= 0.3 is 0 Å². The molecular formula is C25H22N2O3. The molecule has 5 nitrogen and oxygen atoms in total. The topological polar surface area (TPSA) is 62.6 Å². The van der Waals surface area contributed by atoms with Crippen molar-refractivity contribution in [3.05, 3.63) is 96.1 Å². The third-order valence-electron chi connectivity index (χ3n) is 5.78. The zero-order chi connectivity index (χ0) is 20.7. The maximum atomic E-state index is 13.8. The van der Waals surface area contributed by atoms with Gasteiger partial charge in [-0.05, 0) is 42.3 Å². The first-order valence-corrected chi connectivity index (χ1v) is 10.2. The largest absolute Gasteiger partial charge is 0.467 e. The number of hydrogen-bond acceptors (Lipinski definition) is 4. The summed E-state index contributed by atoms with van der Waals surface area (Å²) in [5.41, 5.74) is 2.92. The number of para-hydroxylation sites is 2. The normalized spacial score (nSPS) is 23.0. The molecule has 2 heterocycles. The van der Waals surface area contributed by atoms with Gasteiger partial charge in [0.05, 0.1) is 23.6 Å². The summed E-state index contributed by atoms with van der Waals surface area (Å²) in [5, 5.41) is 3.46. The van der Waals surface area contributed by atoms with Crippen LogP contribution in [-0.2, 0) is 4.79 Å². The van der Waals surface area contributed by atoms with Gasteiger partial charge in [0.2, 0.25) is 0 Å². The van der Waals surface area contributed by atoms with E-state index in [-0.39, 0.29) is 17.6 Å². The van der Waals surface area contributed by atoms with Crippen LogP contribution in [0.3, 0.4) is 0 Å². The number of rotatable bonds is 2. The number of furan rings is 1. The summed E-state index contributed by atoms with van der Waals surface area (Å²) in [4.78, 5) is 28.8. The van der Waals surface area contributed by atoms with E-state index >= 15 is 0 Å². The van der Waals surface area contributed by atoms with Crippen LogP contribution in [0.4, 0.5) is 11.4 Å². The Morgan fingerprint density at radius 3 is 2.57 bits per heavy atom. The Labute approximate surface area is 175 Å². The third kappa shape index (κ3) is 3.03. The van der Waals surface area contributed by atoms with Crippen molar-refractivity contribution < 1.29 is 14.0 Å². The van der Waals surface area contributed by atoms with Gasteiger partial charge in [-0.15, -0.1) is 0 Å². The molecule has 30 heavy (non-hydrogen) atoms. The number of benzene rings is 2. The summed E-state index contributed by atoms with van der Waals surface area (Å²) in [6, 6.07) is 19.9. The molecule has 1 amide bonds. The van der Waals surface area contributed by atoms with Gasteiger partial charge in [-0.3, -0.25) is 14.5 Å². The standard InChI is InChI=1S/C25H22N2O3/c1-16-14-19-23(21(28)15-16)24(22-12-7-13-30-22)27(20-11-6-5-10-18(20)26-19)25(29)17-8-3-2-4-9-17/h2-14,16,23-24,26H,15H2,1H3/t16-,23+,24-/m0/s1. The molecule has 0 bridgehead atoms. The van der Waals surface area contributed by atoms with Crippen molar-refractivity contribution >= 4 is 23.1 Å². The van der Waals surface area contributed by atoms with E-state index in [9.17, 15) is 9.59 Å². The van der Waals surface area contributed by atoms with E-state index in [1.54, 1.807) is 29.4 Å². The lowest BCUT2D eigenvalue weighted by Gasteiger charge is -2.35. The molecule has 5 heteroatoms. The number of carbonyl (C=O) groups is 2. The van der Waals surface area contributed by atoms with Crippen molar-refractivity contribution in [3.63, 3.8) is 0 Å². The lowest BCUT2D eigenvalue weighted by molar-refractivity contribution is -0.123. The highest BCUT2D eigenvalue weighted by Gasteiger charge is 2.45. The molecule has 5 rings (SSSR count). The highest BCUT2D eigenvalue weighted by Crippen LogP contribution is 2.47. The van der Waals surface area contributed by atoms with Crippen molar-refractivity contribution in [2.45, 2.75) is 19.4 Å². The fourth-order valence-electron chi connectivity index (χ4n) is 4.50. The fourth-order valence-corrected chi connectivity index (χ4v) is 4.50. The molecule has 0 spiro atoms. The number of carbonyl (C=O) groups excluding carboxylic acids is 2. The van der Waals surface area contributed by atoms with Crippen molar-refractivity contribution in [2.24, 2.45) is 11.8 Å². The molecule has 0 saturated carbocycles. The van der Waals surface area contributed by atoms with Crippen LogP contribution < -0.4 is 10.2 Å². The molecule has 0 saturated heterocycles. The fraction of sp³-hybridized carbons (Fsp3) is 0.200. The molecule has 2 aliphatic rings. The lowest BCUT2D eigenvalue weighted by atomic mass is 9.79. The van der Waals surface area contributed by atoms with Crippen LogP contribution in [0, 0.1) is 11.8 Å². The number of anilines is 2. The SMILES string of the molecule is C[C@H]1C=C2Nc3ccccc3N(C(=O)c3ccccc3)[C@@H](c3ccco3)[C@H]2C(=O)C1. The van der Waals surface area contributed by atoms with Crippen LogP contribution in [0.2, 0.25) is 0 Å². The average molecular weight is 398 g/mol. The lowest BCUT2D eigenvalue weighted by Crippen LogP contribution is -2.42. The monoisotopic (exact) mass is 398 g/mol. The highest BCUT2D eigenvalue weighted by molar-refractivity contribution is 6.09. The van der Waals surface area contributed by atoms with Crippen LogP contribution in [0.5, 0.6) is 0 Å². The van der Waals surface area contributed by atoms with Gasteiger partial charge in [-0.1, -0.05) is 43.3 Å². The Kier molecular flexibility index (Phi) is 4.51. The molecule has 1 N–H and O–H groups in total. The summed E-state index contributed by atoms with van der Waals surface area (Å²) in [5.74, 6) is 0.146. The van der Waals surface area contributed by atoms with Crippen LogP contribution >= 0.6 is 0 Å². The molecule has 0 fully saturated rings. The van der Waals surface area contributed by atoms with E-state index in [0.717, 1.165) is 17.1 Å². The summed E-state index contributed by atoms with van der Waals surface area (Å²) in [7, 11) is 0. The van der Waals surface area contributed by atoms with Gasteiger partial charge in [-0.25, -0.2) is 0 Å². The van der Waals surface area contributed by atoms with Gasteiger partial charge in [0.15, 0.2) is 0 Å². The second-order valence-corrected chi connectivity index (χ2v) is 7.89. The van der Waals surface area contributed by atoms with Crippen molar-refractivity contribution in [2.75, 3.05) is 10.2 Å². The van der Waals surface area contributed by atoms with E-state index in [0.29, 0.717) is 17.7 Å². The minimum absolute atomic E-state index is 0.104. The number of fused-ring (bicyclic) bond motifs is 2. The number of ketones is 1. The summed E-state index contributed by atoms with van der Waals surface area (Å²) in [6.45, 7) is 2.04. The Morgan fingerprint density at radius 1 is 1.03 bits per heavy atom. The maximum absolute atomic E-state index is 13.8. The molecular weight excluding hydrogens is 376 g/mol. The Balaban J connectivity index is 1.76. The Bertz CT molecular complexity index is 1120. The molecule has 2 aromatic carbocycles. The highest BCUT2D eigenvalue weighted by atomic mass is 16.3. The summed E-state index contributed by atoms with van der Waals surface area (Å²) < 4.78 is 5.78. The average Bonchev–Trinajstić information content (AvgIpc) is 3.23. The molecule has 150 valence electrons. The van der Waals surface area contributed by atoms with Crippen LogP contribution in [0.15, 0.2) is 89.2 Å². The smallest absolute Gasteiger partial charge is 0.259 e. The van der Waals surface area contributed by atoms with Gasteiger partial charge in [0.1, 0.15) is 17.6 Å². The maximum Gasteiger partial charge on any atom is 0.259 e. The second-order valence-electron chi connectivity index (χ2n) is 7.89. The quantitative estimate of drug-likeness (QED) is 0.644. The van der Waals surface area contributed by atoms with E-state index in [2.05, 4.69) is 11.4 Å². The molecule has 0 unspecified atom stereocenters. The predicted octanol–water partition coefficient (Wildman–Crippen LogP) is 5.20. The summed E-state index contributed by atoms with van der Waals surface area (Å²) in [6.07, 6.45) is 4.14. The van der Waals surface area contributed by atoms with E-state index in [4.69, 9.17) is 4.42 Å².